The minimum absolute atomic E-state index is 0.647. The summed E-state index contributed by atoms with van der Waals surface area (Å²) in [7, 11) is 0. The van der Waals surface area contributed by atoms with Crippen LogP contribution in [0.5, 0.6) is 0 Å². The Labute approximate surface area is 150 Å². The summed E-state index contributed by atoms with van der Waals surface area (Å²) in [6, 6.07) is 29.8. The highest BCUT2D eigenvalue weighted by Crippen LogP contribution is 2.44. The van der Waals surface area contributed by atoms with Crippen molar-refractivity contribution < 1.29 is 0 Å². The van der Waals surface area contributed by atoms with Crippen molar-refractivity contribution in [3.05, 3.63) is 96.2 Å². The average molecular weight is 325 g/mol. The molecule has 3 aromatic carbocycles. The third-order valence-corrected chi connectivity index (χ3v) is 4.91. The van der Waals surface area contributed by atoms with Gasteiger partial charge in [-0.15, -0.1) is 0 Å². The molecule has 0 spiro atoms. The van der Waals surface area contributed by atoms with E-state index in [9.17, 15) is 0 Å². The van der Waals surface area contributed by atoms with Gasteiger partial charge in [-0.2, -0.15) is 0 Å². The molecule has 0 aromatic heterocycles. The van der Waals surface area contributed by atoms with Crippen molar-refractivity contribution in [2.75, 3.05) is 5.32 Å². The summed E-state index contributed by atoms with van der Waals surface area (Å²) < 4.78 is 0. The van der Waals surface area contributed by atoms with Gasteiger partial charge in [0.1, 0.15) is 0 Å². The van der Waals surface area contributed by atoms with Crippen LogP contribution < -0.4 is 5.32 Å². The molecule has 0 amide bonds. The second-order valence-corrected chi connectivity index (χ2v) is 6.90. The molecular formula is C24H23N. The van der Waals surface area contributed by atoms with Gasteiger partial charge in [0, 0.05) is 17.3 Å². The standard InChI is InChI=1S/C24H23N/c1-18-16-23(18)24(17-19-8-4-2-5-9-19)25-22-14-12-21(13-15-22)20-10-6-3-7-11-20/h2-15,17-18,23,25H,16H2,1H3/b24-17+. The molecule has 2 unspecified atom stereocenters. The van der Waals surface area contributed by atoms with E-state index in [1.807, 2.05) is 0 Å². The van der Waals surface area contributed by atoms with Crippen LogP contribution in [0.3, 0.4) is 0 Å². The van der Waals surface area contributed by atoms with E-state index in [1.165, 1.54) is 28.8 Å². The summed E-state index contributed by atoms with van der Waals surface area (Å²) in [6.07, 6.45) is 3.56. The number of hydrogen-bond acceptors (Lipinski definition) is 1. The van der Waals surface area contributed by atoms with Crippen LogP contribution in [0.4, 0.5) is 5.69 Å². The fourth-order valence-electron chi connectivity index (χ4n) is 3.26. The summed E-state index contributed by atoms with van der Waals surface area (Å²) in [4.78, 5) is 0. The third-order valence-electron chi connectivity index (χ3n) is 4.91. The molecule has 3 aromatic rings. The van der Waals surface area contributed by atoms with Gasteiger partial charge in [-0.1, -0.05) is 79.7 Å². The van der Waals surface area contributed by atoms with E-state index in [1.54, 1.807) is 0 Å². The first-order valence-corrected chi connectivity index (χ1v) is 8.99. The van der Waals surface area contributed by atoms with E-state index < -0.39 is 0 Å². The summed E-state index contributed by atoms with van der Waals surface area (Å²) in [5.74, 6) is 1.42. The lowest BCUT2D eigenvalue weighted by molar-refractivity contribution is 0.864. The smallest absolute Gasteiger partial charge is 0.0382 e. The van der Waals surface area contributed by atoms with Gasteiger partial charge in [0.15, 0.2) is 0 Å². The third kappa shape index (κ3) is 3.83. The molecule has 25 heavy (non-hydrogen) atoms. The van der Waals surface area contributed by atoms with E-state index >= 15 is 0 Å². The van der Waals surface area contributed by atoms with Crippen LogP contribution in [0.15, 0.2) is 90.6 Å². The van der Waals surface area contributed by atoms with Crippen molar-refractivity contribution in [3.63, 3.8) is 0 Å². The molecule has 124 valence electrons. The Bertz CT molecular complexity index is 848. The molecule has 1 saturated carbocycles. The molecule has 0 radical (unpaired) electrons. The summed E-state index contributed by atoms with van der Waals surface area (Å²) in [5.41, 5.74) is 6.24. The topological polar surface area (TPSA) is 12.0 Å². The van der Waals surface area contributed by atoms with Crippen molar-refractivity contribution in [2.24, 2.45) is 11.8 Å². The number of nitrogens with one attached hydrogen (secondary N) is 1. The number of benzene rings is 3. The maximum absolute atomic E-state index is 3.66. The highest BCUT2D eigenvalue weighted by molar-refractivity contribution is 5.68. The number of hydrogen-bond donors (Lipinski definition) is 1. The van der Waals surface area contributed by atoms with Crippen molar-refractivity contribution in [3.8, 4) is 11.1 Å². The van der Waals surface area contributed by atoms with Gasteiger partial charge in [0.05, 0.1) is 0 Å². The van der Waals surface area contributed by atoms with Crippen LogP contribution >= 0.6 is 0 Å². The van der Waals surface area contributed by atoms with Gasteiger partial charge < -0.3 is 5.32 Å². The summed E-state index contributed by atoms with van der Waals surface area (Å²) in [6.45, 7) is 2.32. The number of allylic oxidation sites excluding steroid dienone is 1. The lowest BCUT2D eigenvalue weighted by atomic mass is 10.1. The molecule has 1 aliphatic carbocycles. The van der Waals surface area contributed by atoms with E-state index in [-0.39, 0.29) is 0 Å². The molecule has 0 heterocycles. The Morgan fingerprint density at radius 1 is 0.800 bits per heavy atom. The molecule has 0 saturated heterocycles. The molecule has 1 heteroatoms. The molecule has 1 nitrogen and oxygen atoms in total. The van der Waals surface area contributed by atoms with E-state index in [0.29, 0.717) is 5.92 Å². The van der Waals surface area contributed by atoms with Gasteiger partial charge in [0.25, 0.3) is 0 Å². The van der Waals surface area contributed by atoms with Gasteiger partial charge in [-0.25, -0.2) is 0 Å². The zero-order valence-corrected chi connectivity index (χ0v) is 14.5. The lowest BCUT2D eigenvalue weighted by Crippen LogP contribution is -2.02. The Morgan fingerprint density at radius 2 is 1.36 bits per heavy atom. The van der Waals surface area contributed by atoms with Gasteiger partial charge in [-0.3, -0.25) is 0 Å². The quantitative estimate of drug-likeness (QED) is 0.567. The number of rotatable bonds is 5. The minimum atomic E-state index is 0.647. The van der Waals surface area contributed by atoms with Crippen molar-refractivity contribution >= 4 is 11.8 Å². The highest BCUT2D eigenvalue weighted by atomic mass is 14.9. The monoisotopic (exact) mass is 325 g/mol. The molecule has 1 N–H and O–H groups in total. The van der Waals surface area contributed by atoms with E-state index in [0.717, 1.165) is 11.6 Å². The predicted molar refractivity (Wildman–Crippen MR) is 107 cm³/mol. The molecule has 0 bridgehead atoms. The van der Waals surface area contributed by atoms with Crippen LogP contribution in [-0.4, -0.2) is 0 Å². The molecule has 2 atom stereocenters. The van der Waals surface area contributed by atoms with Crippen LogP contribution in [0, 0.1) is 11.8 Å². The second kappa shape index (κ2) is 6.98. The van der Waals surface area contributed by atoms with Gasteiger partial charge >= 0.3 is 0 Å². The van der Waals surface area contributed by atoms with Crippen molar-refractivity contribution in [1.29, 1.82) is 0 Å². The SMILES string of the molecule is CC1CC1/C(=C\c1ccccc1)Nc1ccc(-c2ccccc2)cc1. The number of anilines is 1. The normalized spacial score (nSPS) is 19.5. The molecule has 0 aliphatic heterocycles. The lowest BCUT2D eigenvalue weighted by Gasteiger charge is -2.12. The first-order valence-electron chi connectivity index (χ1n) is 8.99. The van der Waals surface area contributed by atoms with Crippen LogP contribution in [0.1, 0.15) is 18.9 Å². The average Bonchev–Trinajstić information content (AvgIpc) is 3.40. The fourth-order valence-corrected chi connectivity index (χ4v) is 3.26. The van der Waals surface area contributed by atoms with Gasteiger partial charge in [0.2, 0.25) is 0 Å². The van der Waals surface area contributed by atoms with Crippen LogP contribution in [-0.2, 0) is 0 Å². The zero-order valence-electron chi connectivity index (χ0n) is 14.5. The van der Waals surface area contributed by atoms with Crippen molar-refractivity contribution in [1.82, 2.24) is 0 Å². The highest BCUT2D eigenvalue weighted by Gasteiger charge is 2.35. The Hall–Kier alpha value is -2.80. The molecular weight excluding hydrogens is 302 g/mol. The zero-order chi connectivity index (χ0) is 17.1. The largest absolute Gasteiger partial charge is 0.359 e. The van der Waals surface area contributed by atoms with E-state index in [4.69, 9.17) is 0 Å². The van der Waals surface area contributed by atoms with Crippen LogP contribution in [0.2, 0.25) is 0 Å². The fraction of sp³-hybridized carbons (Fsp3) is 0.167. The summed E-state index contributed by atoms with van der Waals surface area (Å²) in [5, 5.41) is 3.66. The van der Waals surface area contributed by atoms with E-state index in [2.05, 4.69) is 103 Å². The first-order chi connectivity index (χ1) is 12.3. The predicted octanol–water partition coefficient (Wildman–Crippen LogP) is 6.46. The minimum Gasteiger partial charge on any atom is -0.359 e. The maximum atomic E-state index is 3.66. The summed E-state index contributed by atoms with van der Waals surface area (Å²) >= 11 is 0. The molecule has 1 fully saturated rings. The second-order valence-electron chi connectivity index (χ2n) is 6.90. The first kappa shape index (κ1) is 15.7. The van der Waals surface area contributed by atoms with Crippen LogP contribution in [0.25, 0.3) is 17.2 Å². The maximum Gasteiger partial charge on any atom is 0.0382 e. The van der Waals surface area contributed by atoms with Gasteiger partial charge in [-0.05, 0) is 47.2 Å². The molecule has 1 aliphatic rings. The Morgan fingerprint density at radius 3 is 1.96 bits per heavy atom. The Balaban J connectivity index is 1.55. The van der Waals surface area contributed by atoms with Crippen molar-refractivity contribution in [2.45, 2.75) is 13.3 Å². The Kier molecular flexibility index (Phi) is 4.39. The molecule has 4 rings (SSSR count).